The fraction of sp³-hybridized carbons (Fsp3) is 0.700. The third kappa shape index (κ3) is 1.47. The van der Waals surface area contributed by atoms with E-state index in [-0.39, 0.29) is 0 Å². The predicted molar refractivity (Wildman–Crippen MR) is 55.5 cm³/mol. The van der Waals surface area contributed by atoms with E-state index < -0.39 is 0 Å². The first-order chi connectivity index (χ1) is 6.93. The average molecular weight is 210 g/mol. The van der Waals surface area contributed by atoms with E-state index in [1.54, 1.807) is 0 Å². The number of nitrogens with zero attached hydrogens (tertiary/aromatic N) is 1. The highest BCUT2D eigenvalue weighted by Gasteiger charge is 2.23. The molecule has 1 atom stereocenters. The molecule has 0 aromatic carbocycles. The molecule has 4 heteroatoms. The Labute approximate surface area is 87.5 Å². The van der Waals surface area contributed by atoms with Gasteiger partial charge in [0.05, 0.1) is 5.69 Å². The molecule has 1 aromatic heterocycles. The van der Waals surface area contributed by atoms with Crippen LogP contribution in [0.1, 0.15) is 34.5 Å². The quantitative estimate of drug-likeness (QED) is 0.765. The van der Waals surface area contributed by atoms with Gasteiger partial charge in [-0.05, 0) is 12.8 Å². The average Bonchev–Trinajstić information content (AvgIpc) is 2.86. The van der Waals surface area contributed by atoms with Gasteiger partial charge in [0.15, 0.2) is 0 Å². The van der Waals surface area contributed by atoms with Crippen molar-refractivity contribution in [3.05, 3.63) is 15.6 Å². The van der Waals surface area contributed by atoms with Gasteiger partial charge in [0.1, 0.15) is 11.1 Å². The van der Waals surface area contributed by atoms with Crippen molar-refractivity contribution in [1.29, 1.82) is 0 Å². The van der Waals surface area contributed by atoms with Gasteiger partial charge < -0.3 is 10.1 Å². The Bertz CT molecular complexity index is 307. The summed E-state index contributed by atoms with van der Waals surface area (Å²) in [7, 11) is 0. The predicted octanol–water partition coefficient (Wildman–Crippen LogP) is 1.64. The summed E-state index contributed by atoms with van der Waals surface area (Å²) in [6, 6.07) is 0. The Balaban J connectivity index is 1.87. The van der Waals surface area contributed by atoms with E-state index >= 15 is 0 Å². The van der Waals surface area contributed by atoms with Gasteiger partial charge in [-0.2, -0.15) is 0 Å². The minimum Gasteiger partial charge on any atom is -0.371 e. The van der Waals surface area contributed by atoms with Crippen LogP contribution in [0.15, 0.2) is 0 Å². The Hall–Kier alpha value is -0.450. The standard InChI is InChI=1S/C10H14N2OS/c1-2-8(13-5-1)10-12-7-3-4-11-6-9(7)14-10/h8,11H,1-6H2. The Morgan fingerprint density at radius 2 is 2.50 bits per heavy atom. The lowest BCUT2D eigenvalue weighted by Gasteiger charge is -2.09. The second kappa shape index (κ2) is 3.61. The third-order valence-electron chi connectivity index (χ3n) is 2.82. The highest BCUT2D eigenvalue weighted by Crippen LogP contribution is 2.33. The summed E-state index contributed by atoms with van der Waals surface area (Å²) < 4.78 is 5.64. The molecule has 3 nitrogen and oxygen atoms in total. The van der Waals surface area contributed by atoms with Crippen LogP contribution in [0.4, 0.5) is 0 Å². The first-order valence-electron chi connectivity index (χ1n) is 5.24. The number of nitrogens with one attached hydrogen (secondary N) is 1. The van der Waals surface area contributed by atoms with Crippen molar-refractivity contribution in [2.24, 2.45) is 0 Å². The van der Waals surface area contributed by atoms with E-state index in [2.05, 4.69) is 10.3 Å². The minimum absolute atomic E-state index is 0.297. The molecule has 1 saturated heterocycles. The Kier molecular flexibility index (Phi) is 2.27. The monoisotopic (exact) mass is 210 g/mol. The number of ether oxygens (including phenoxy) is 1. The van der Waals surface area contributed by atoms with Crippen LogP contribution in [0.3, 0.4) is 0 Å². The molecule has 0 bridgehead atoms. The fourth-order valence-corrected chi connectivity index (χ4v) is 3.22. The molecule has 0 aliphatic carbocycles. The van der Waals surface area contributed by atoms with Crippen LogP contribution < -0.4 is 5.32 Å². The van der Waals surface area contributed by atoms with Crippen LogP contribution in [-0.2, 0) is 17.7 Å². The van der Waals surface area contributed by atoms with Gasteiger partial charge in [0.25, 0.3) is 0 Å². The highest BCUT2D eigenvalue weighted by atomic mass is 32.1. The molecule has 3 heterocycles. The highest BCUT2D eigenvalue weighted by molar-refractivity contribution is 7.11. The summed E-state index contributed by atoms with van der Waals surface area (Å²) in [5, 5.41) is 4.58. The molecule has 1 N–H and O–H groups in total. The van der Waals surface area contributed by atoms with E-state index in [9.17, 15) is 0 Å². The normalized spacial score (nSPS) is 26.4. The van der Waals surface area contributed by atoms with Gasteiger partial charge in [0, 0.05) is 31.0 Å². The lowest BCUT2D eigenvalue weighted by Crippen LogP contribution is -2.22. The molecule has 0 saturated carbocycles. The lowest BCUT2D eigenvalue weighted by atomic mass is 10.2. The number of hydrogen-bond donors (Lipinski definition) is 1. The summed E-state index contributed by atoms with van der Waals surface area (Å²) in [6.45, 7) is 2.98. The van der Waals surface area contributed by atoms with Crippen molar-refractivity contribution >= 4 is 11.3 Å². The molecule has 2 aliphatic rings. The van der Waals surface area contributed by atoms with Gasteiger partial charge >= 0.3 is 0 Å². The Morgan fingerprint density at radius 3 is 3.29 bits per heavy atom. The second-order valence-electron chi connectivity index (χ2n) is 3.85. The van der Waals surface area contributed by atoms with Gasteiger partial charge in [0.2, 0.25) is 0 Å². The van der Waals surface area contributed by atoms with E-state index in [1.807, 2.05) is 11.3 Å². The van der Waals surface area contributed by atoms with Crippen molar-refractivity contribution < 1.29 is 4.74 Å². The second-order valence-corrected chi connectivity index (χ2v) is 4.97. The van der Waals surface area contributed by atoms with Gasteiger partial charge in [-0.15, -0.1) is 11.3 Å². The summed E-state index contributed by atoms with van der Waals surface area (Å²) in [4.78, 5) is 6.10. The summed E-state index contributed by atoms with van der Waals surface area (Å²) in [6.07, 6.45) is 3.72. The molecule has 1 unspecified atom stereocenters. The molecule has 0 radical (unpaired) electrons. The van der Waals surface area contributed by atoms with Crippen molar-refractivity contribution in [3.8, 4) is 0 Å². The molecule has 1 fully saturated rings. The zero-order chi connectivity index (χ0) is 9.38. The first kappa shape index (κ1) is 8.83. The number of thiazole rings is 1. The molecule has 76 valence electrons. The van der Waals surface area contributed by atoms with E-state index in [0.29, 0.717) is 6.10 Å². The number of aromatic nitrogens is 1. The fourth-order valence-electron chi connectivity index (χ4n) is 2.06. The Morgan fingerprint density at radius 1 is 1.50 bits per heavy atom. The topological polar surface area (TPSA) is 34.1 Å². The van der Waals surface area contributed by atoms with E-state index in [1.165, 1.54) is 22.0 Å². The molecule has 14 heavy (non-hydrogen) atoms. The van der Waals surface area contributed by atoms with Crippen molar-refractivity contribution in [1.82, 2.24) is 10.3 Å². The zero-order valence-corrected chi connectivity index (χ0v) is 8.90. The molecule has 1 aromatic rings. The van der Waals surface area contributed by atoms with Crippen LogP contribution in [-0.4, -0.2) is 18.1 Å². The van der Waals surface area contributed by atoms with Gasteiger partial charge in [-0.3, -0.25) is 0 Å². The SMILES string of the molecule is C1COC(c2nc3c(s2)CNCC3)C1. The van der Waals surface area contributed by atoms with Crippen LogP contribution >= 0.6 is 11.3 Å². The van der Waals surface area contributed by atoms with Crippen molar-refractivity contribution in [2.45, 2.75) is 31.9 Å². The largest absolute Gasteiger partial charge is 0.371 e. The molecular formula is C10H14N2OS. The summed E-state index contributed by atoms with van der Waals surface area (Å²) in [5.41, 5.74) is 1.30. The first-order valence-corrected chi connectivity index (χ1v) is 6.06. The van der Waals surface area contributed by atoms with Crippen molar-refractivity contribution in [3.63, 3.8) is 0 Å². The number of fused-ring (bicyclic) bond motifs is 1. The smallest absolute Gasteiger partial charge is 0.122 e. The van der Waals surface area contributed by atoms with Crippen LogP contribution in [0.2, 0.25) is 0 Å². The molecule has 0 amide bonds. The molecule has 2 aliphatic heterocycles. The maximum Gasteiger partial charge on any atom is 0.122 e. The van der Waals surface area contributed by atoms with E-state index in [4.69, 9.17) is 4.74 Å². The van der Waals surface area contributed by atoms with Gasteiger partial charge in [-0.25, -0.2) is 4.98 Å². The molecule has 0 spiro atoms. The minimum atomic E-state index is 0.297. The molecular weight excluding hydrogens is 196 g/mol. The maximum absolute atomic E-state index is 5.64. The van der Waals surface area contributed by atoms with E-state index in [0.717, 1.165) is 32.5 Å². The van der Waals surface area contributed by atoms with Gasteiger partial charge in [-0.1, -0.05) is 0 Å². The zero-order valence-electron chi connectivity index (χ0n) is 8.08. The van der Waals surface area contributed by atoms with Crippen LogP contribution in [0, 0.1) is 0 Å². The lowest BCUT2D eigenvalue weighted by molar-refractivity contribution is 0.111. The van der Waals surface area contributed by atoms with Crippen LogP contribution in [0.25, 0.3) is 0 Å². The summed E-state index contributed by atoms with van der Waals surface area (Å²) in [5.74, 6) is 0. The van der Waals surface area contributed by atoms with Crippen LogP contribution in [0.5, 0.6) is 0 Å². The maximum atomic E-state index is 5.64. The summed E-state index contributed by atoms with van der Waals surface area (Å²) >= 11 is 1.83. The van der Waals surface area contributed by atoms with Crippen molar-refractivity contribution in [2.75, 3.05) is 13.2 Å². The molecule has 3 rings (SSSR count). The number of hydrogen-bond acceptors (Lipinski definition) is 4. The number of rotatable bonds is 1. The third-order valence-corrected chi connectivity index (χ3v) is 4.01.